The van der Waals surface area contributed by atoms with Crippen molar-refractivity contribution in [3.8, 4) is 5.75 Å². The Kier molecular flexibility index (Phi) is 8.27. The molecule has 144 valence electrons. The van der Waals surface area contributed by atoms with Gasteiger partial charge in [0.25, 0.3) is 0 Å². The van der Waals surface area contributed by atoms with Crippen molar-refractivity contribution in [3.05, 3.63) is 71.7 Å². The van der Waals surface area contributed by atoms with Gasteiger partial charge in [0, 0.05) is 23.6 Å². The molecule has 1 aromatic rings. The molecule has 0 saturated carbocycles. The van der Waals surface area contributed by atoms with Crippen molar-refractivity contribution in [3.63, 3.8) is 0 Å². The monoisotopic (exact) mass is 370 g/mol. The first kappa shape index (κ1) is 22.0. The Hall–Kier alpha value is -3.08. The van der Waals surface area contributed by atoms with Crippen LogP contribution in [-0.4, -0.2) is 19.0 Å². The maximum absolute atomic E-state index is 11.7. The number of esters is 2. The lowest BCUT2D eigenvalue weighted by Crippen LogP contribution is -2.08. The third kappa shape index (κ3) is 6.62. The van der Waals surface area contributed by atoms with Crippen LogP contribution in [0.1, 0.15) is 39.7 Å². The van der Waals surface area contributed by atoms with E-state index in [-0.39, 0.29) is 0 Å². The highest BCUT2D eigenvalue weighted by atomic mass is 16.5. The molecular weight excluding hydrogens is 344 g/mol. The highest BCUT2D eigenvalue weighted by Crippen LogP contribution is 2.24. The van der Waals surface area contributed by atoms with E-state index < -0.39 is 11.9 Å². The molecule has 0 heterocycles. The van der Waals surface area contributed by atoms with Crippen molar-refractivity contribution in [2.24, 2.45) is 0 Å². The number of rotatable bonds is 8. The van der Waals surface area contributed by atoms with Crippen LogP contribution in [0.5, 0.6) is 5.75 Å². The minimum absolute atomic E-state index is 0.328. The van der Waals surface area contributed by atoms with Crippen LogP contribution in [-0.2, 0) is 19.1 Å². The predicted molar refractivity (Wildman–Crippen MR) is 106 cm³/mol. The number of methoxy groups -OCH3 is 1. The summed E-state index contributed by atoms with van der Waals surface area (Å²) in [5.74, 6) is 0.528. The first-order chi connectivity index (χ1) is 12.7. The SMILES string of the molecule is C=C(C)C(=O)O/C(=C/C(OC)=C(\C)c1ccc(OC(=O)C(=C)C)cc1)CC. The first-order valence-corrected chi connectivity index (χ1v) is 8.50. The molecule has 0 spiro atoms. The summed E-state index contributed by atoms with van der Waals surface area (Å²) in [7, 11) is 1.55. The Balaban J connectivity index is 3.10. The molecule has 0 unspecified atom stereocenters. The molecule has 0 amide bonds. The van der Waals surface area contributed by atoms with Crippen LogP contribution in [0.2, 0.25) is 0 Å². The number of carbonyl (C=O) groups excluding carboxylic acids is 2. The van der Waals surface area contributed by atoms with Gasteiger partial charge in [0.1, 0.15) is 17.3 Å². The molecule has 0 aliphatic heterocycles. The van der Waals surface area contributed by atoms with Crippen LogP contribution < -0.4 is 4.74 Å². The Morgan fingerprint density at radius 3 is 2.00 bits per heavy atom. The van der Waals surface area contributed by atoms with Gasteiger partial charge in [-0.05, 0) is 44.0 Å². The molecule has 0 aromatic heterocycles. The van der Waals surface area contributed by atoms with E-state index >= 15 is 0 Å². The fourth-order valence-electron chi connectivity index (χ4n) is 1.99. The molecule has 0 aliphatic carbocycles. The Labute approximate surface area is 160 Å². The molecule has 0 aliphatic rings. The van der Waals surface area contributed by atoms with Crippen molar-refractivity contribution < 1.29 is 23.8 Å². The fourth-order valence-corrected chi connectivity index (χ4v) is 1.99. The minimum Gasteiger partial charge on any atom is -0.496 e. The van der Waals surface area contributed by atoms with E-state index in [1.165, 1.54) is 0 Å². The van der Waals surface area contributed by atoms with Gasteiger partial charge in [-0.1, -0.05) is 32.2 Å². The first-order valence-electron chi connectivity index (χ1n) is 8.50. The Bertz CT molecular complexity index is 794. The second-order valence-electron chi connectivity index (χ2n) is 6.02. The van der Waals surface area contributed by atoms with Gasteiger partial charge in [-0.15, -0.1) is 0 Å². The van der Waals surface area contributed by atoms with Gasteiger partial charge in [0.2, 0.25) is 0 Å². The molecule has 0 saturated heterocycles. The molecule has 5 nitrogen and oxygen atoms in total. The molecule has 0 radical (unpaired) electrons. The van der Waals surface area contributed by atoms with Crippen LogP contribution in [0.3, 0.4) is 0 Å². The maximum Gasteiger partial charge on any atom is 0.338 e. The average Bonchev–Trinajstić information content (AvgIpc) is 2.64. The van der Waals surface area contributed by atoms with Crippen LogP contribution in [0.15, 0.2) is 66.2 Å². The van der Waals surface area contributed by atoms with Crippen molar-refractivity contribution in [1.29, 1.82) is 0 Å². The molecule has 0 atom stereocenters. The number of allylic oxidation sites excluding steroid dienone is 3. The van der Waals surface area contributed by atoms with E-state index in [0.717, 1.165) is 11.1 Å². The van der Waals surface area contributed by atoms with Crippen molar-refractivity contribution in [2.75, 3.05) is 7.11 Å². The zero-order valence-electron chi connectivity index (χ0n) is 16.5. The number of hydrogen-bond donors (Lipinski definition) is 0. The summed E-state index contributed by atoms with van der Waals surface area (Å²) in [4.78, 5) is 23.3. The van der Waals surface area contributed by atoms with Gasteiger partial charge < -0.3 is 14.2 Å². The van der Waals surface area contributed by atoms with E-state index in [2.05, 4.69) is 13.2 Å². The molecular formula is C22H26O5. The lowest BCUT2D eigenvalue weighted by atomic mass is 10.1. The number of carbonyl (C=O) groups is 2. The lowest BCUT2D eigenvalue weighted by molar-refractivity contribution is -0.135. The smallest absolute Gasteiger partial charge is 0.338 e. The third-order valence-corrected chi connectivity index (χ3v) is 3.65. The highest BCUT2D eigenvalue weighted by Gasteiger charge is 2.11. The summed E-state index contributed by atoms with van der Waals surface area (Å²) in [5.41, 5.74) is 2.37. The number of benzene rings is 1. The summed E-state index contributed by atoms with van der Waals surface area (Å²) in [6, 6.07) is 7.01. The summed E-state index contributed by atoms with van der Waals surface area (Å²) >= 11 is 0. The van der Waals surface area contributed by atoms with Crippen LogP contribution in [0.4, 0.5) is 0 Å². The van der Waals surface area contributed by atoms with Gasteiger partial charge >= 0.3 is 11.9 Å². The summed E-state index contributed by atoms with van der Waals surface area (Å²) < 4.78 is 15.9. The second-order valence-corrected chi connectivity index (χ2v) is 6.02. The maximum atomic E-state index is 11.7. The molecule has 0 fully saturated rings. The largest absolute Gasteiger partial charge is 0.496 e. The zero-order valence-corrected chi connectivity index (χ0v) is 16.5. The van der Waals surface area contributed by atoms with Gasteiger partial charge in [0.15, 0.2) is 0 Å². The van der Waals surface area contributed by atoms with E-state index in [0.29, 0.717) is 34.8 Å². The van der Waals surface area contributed by atoms with Gasteiger partial charge in [-0.25, -0.2) is 9.59 Å². The van der Waals surface area contributed by atoms with Crippen LogP contribution in [0.25, 0.3) is 5.57 Å². The second kappa shape index (κ2) is 10.2. The number of ether oxygens (including phenoxy) is 3. The van der Waals surface area contributed by atoms with Gasteiger partial charge in [-0.3, -0.25) is 0 Å². The van der Waals surface area contributed by atoms with Crippen molar-refractivity contribution >= 4 is 17.5 Å². The molecule has 0 bridgehead atoms. The Morgan fingerprint density at radius 2 is 1.56 bits per heavy atom. The number of hydrogen-bond acceptors (Lipinski definition) is 5. The topological polar surface area (TPSA) is 61.8 Å². The molecule has 5 heteroatoms. The fraction of sp³-hybridized carbons (Fsp3) is 0.273. The molecule has 27 heavy (non-hydrogen) atoms. The highest BCUT2D eigenvalue weighted by molar-refractivity contribution is 5.89. The van der Waals surface area contributed by atoms with E-state index in [1.54, 1.807) is 39.2 Å². The van der Waals surface area contributed by atoms with E-state index in [9.17, 15) is 9.59 Å². The summed E-state index contributed by atoms with van der Waals surface area (Å²) in [5, 5.41) is 0. The minimum atomic E-state index is -0.472. The Morgan fingerprint density at radius 1 is 1.00 bits per heavy atom. The summed E-state index contributed by atoms with van der Waals surface area (Å²) in [6.07, 6.45) is 2.21. The predicted octanol–water partition coefficient (Wildman–Crippen LogP) is 4.96. The summed E-state index contributed by atoms with van der Waals surface area (Å²) in [6.45, 7) is 14.1. The zero-order chi connectivity index (χ0) is 20.6. The van der Waals surface area contributed by atoms with Gasteiger partial charge in [0.05, 0.1) is 7.11 Å². The van der Waals surface area contributed by atoms with Crippen molar-refractivity contribution in [1.82, 2.24) is 0 Å². The lowest BCUT2D eigenvalue weighted by Gasteiger charge is -2.12. The van der Waals surface area contributed by atoms with Crippen LogP contribution >= 0.6 is 0 Å². The van der Waals surface area contributed by atoms with Crippen molar-refractivity contribution in [2.45, 2.75) is 34.1 Å². The molecule has 1 rings (SSSR count). The van der Waals surface area contributed by atoms with E-state index in [4.69, 9.17) is 14.2 Å². The quantitative estimate of drug-likeness (QED) is 0.213. The molecule has 1 aromatic carbocycles. The van der Waals surface area contributed by atoms with E-state index in [1.807, 2.05) is 26.0 Å². The standard InChI is InChI=1S/C22H26O5/c1-8-18(26-21(23)14(2)3)13-20(25-7)16(6)17-9-11-19(12-10-17)27-22(24)15(4)5/h9-13H,2,4,8H2,1,3,5-7H3/b18-13+,20-16-. The van der Waals surface area contributed by atoms with Crippen LogP contribution in [0, 0.1) is 0 Å². The normalized spacial score (nSPS) is 12.0. The van der Waals surface area contributed by atoms with Gasteiger partial charge in [-0.2, -0.15) is 0 Å². The average molecular weight is 370 g/mol. The third-order valence-electron chi connectivity index (χ3n) is 3.65. The molecule has 0 N–H and O–H groups in total.